The highest BCUT2D eigenvalue weighted by atomic mass is 16.5. The van der Waals surface area contributed by atoms with Gasteiger partial charge >= 0.3 is 0 Å². The van der Waals surface area contributed by atoms with Crippen molar-refractivity contribution in [3.05, 3.63) is 0 Å². The lowest BCUT2D eigenvalue weighted by atomic mass is 9.90. The number of hydrogen-bond acceptors (Lipinski definition) is 3. The van der Waals surface area contributed by atoms with Crippen LogP contribution in [0.2, 0.25) is 0 Å². The summed E-state index contributed by atoms with van der Waals surface area (Å²) in [5.74, 6) is 1.83. The lowest BCUT2D eigenvalue weighted by molar-refractivity contribution is 0.0981. The van der Waals surface area contributed by atoms with Crippen molar-refractivity contribution in [3.8, 4) is 0 Å². The predicted octanol–water partition coefficient (Wildman–Crippen LogP) is 2.12. The second-order valence-corrected chi connectivity index (χ2v) is 6.23. The molecule has 106 valence electrons. The van der Waals surface area contributed by atoms with Crippen molar-refractivity contribution in [2.45, 2.75) is 45.1 Å². The number of piperidine rings is 1. The largest absolute Gasteiger partial charge is 0.380 e. The standard InChI is InChI=1S/C15H30N2O/c1-3-13-6-7-16-15(10-13)11-17(2)8-9-18-12-14-4-5-14/h13-16H,3-12H2,1-2H3. The highest BCUT2D eigenvalue weighted by Crippen LogP contribution is 2.28. The van der Waals surface area contributed by atoms with Gasteiger partial charge in [0.2, 0.25) is 0 Å². The minimum atomic E-state index is 0.692. The monoisotopic (exact) mass is 254 g/mol. The highest BCUT2D eigenvalue weighted by molar-refractivity contribution is 4.79. The van der Waals surface area contributed by atoms with E-state index in [1.807, 2.05) is 0 Å². The number of hydrogen-bond donors (Lipinski definition) is 1. The molecule has 2 aliphatic rings. The maximum absolute atomic E-state index is 5.70. The topological polar surface area (TPSA) is 24.5 Å². The molecule has 0 aromatic carbocycles. The molecule has 1 saturated carbocycles. The van der Waals surface area contributed by atoms with Gasteiger partial charge in [0, 0.05) is 25.7 Å². The van der Waals surface area contributed by atoms with Gasteiger partial charge in [0.1, 0.15) is 0 Å². The Morgan fingerprint density at radius 3 is 2.78 bits per heavy atom. The van der Waals surface area contributed by atoms with E-state index in [2.05, 4.69) is 24.2 Å². The Kier molecular flexibility index (Phi) is 5.93. The molecule has 1 N–H and O–H groups in total. The average molecular weight is 254 g/mol. The highest BCUT2D eigenvalue weighted by Gasteiger charge is 2.22. The van der Waals surface area contributed by atoms with Gasteiger partial charge in [0.15, 0.2) is 0 Å². The smallest absolute Gasteiger partial charge is 0.0593 e. The van der Waals surface area contributed by atoms with E-state index >= 15 is 0 Å². The lowest BCUT2D eigenvalue weighted by Crippen LogP contribution is -2.45. The third kappa shape index (κ3) is 5.25. The molecule has 2 rings (SSSR count). The van der Waals surface area contributed by atoms with E-state index in [0.29, 0.717) is 6.04 Å². The van der Waals surface area contributed by atoms with Gasteiger partial charge in [-0.25, -0.2) is 0 Å². The second-order valence-electron chi connectivity index (χ2n) is 6.23. The molecule has 0 radical (unpaired) electrons. The molecular formula is C15H30N2O. The average Bonchev–Trinajstić information content (AvgIpc) is 3.19. The van der Waals surface area contributed by atoms with Crippen molar-refractivity contribution in [1.82, 2.24) is 10.2 Å². The van der Waals surface area contributed by atoms with Crippen LogP contribution in [0.5, 0.6) is 0 Å². The Hall–Kier alpha value is -0.120. The van der Waals surface area contributed by atoms with Crippen molar-refractivity contribution in [2.24, 2.45) is 11.8 Å². The van der Waals surface area contributed by atoms with Gasteiger partial charge in [0.05, 0.1) is 6.61 Å². The summed E-state index contributed by atoms with van der Waals surface area (Å²) >= 11 is 0. The molecule has 1 saturated heterocycles. The molecule has 1 aliphatic carbocycles. The van der Waals surface area contributed by atoms with Crippen LogP contribution in [0.15, 0.2) is 0 Å². The Morgan fingerprint density at radius 1 is 1.22 bits per heavy atom. The zero-order chi connectivity index (χ0) is 12.8. The van der Waals surface area contributed by atoms with Gasteiger partial charge in [0.25, 0.3) is 0 Å². The number of ether oxygens (including phenoxy) is 1. The molecule has 1 aliphatic heterocycles. The zero-order valence-corrected chi connectivity index (χ0v) is 12.2. The zero-order valence-electron chi connectivity index (χ0n) is 12.2. The third-order valence-electron chi connectivity index (χ3n) is 4.38. The lowest BCUT2D eigenvalue weighted by Gasteiger charge is -2.32. The van der Waals surface area contributed by atoms with E-state index in [-0.39, 0.29) is 0 Å². The molecule has 3 nitrogen and oxygen atoms in total. The quantitative estimate of drug-likeness (QED) is 0.672. The number of rotatable bonds is 8. The van der Waals surface area contributed by atoms with Crippen LogP contribution in [0, 0.1) is 11.8 Å². The third-order valence-corrected chi connectivity index (χ3v) is 4.38. The van der Waals surface area contributed by atoms with Crippen LogP contribution >= 0.6 is 0 Å². The molecule has 0 bridgehead atoms. The molecule has 0 spiro atoms. The van der Waals surface area contributed by atoms with Crippen LogP contribution in [-0.4, -0.2) is 50.8 Å². The summed E-state index contributed by atoms with van der Waals surface area (Å²) in [5, 5.41) is 3.65. The Balaban J connectivity index is 1.53. The molecule has 2 unspecified atom stereocenters. The predicted molar refractivity (Wildman–Crippen MR) is 75.8 cm³/mol. The molecule has 0 amide bonds. The molecule has 18 heavy (non-hydrogen) atoms. The summed E-state index contributed by atoms with van der Waals surface area (Å²) in [5.41, 5.74) is 0. The maximum atomic E-state index is 5.70. The minimum Gasteiger partial charge on any atom is -0.380 e. The summed E-state index contributed by atoms with van der Waals surface area (Å²) in [6, 6.07) is 0.692. The Morgan fingerprint density at radius 2 is 2.06 bits per heavy atom. The summed E-state index contributed by atoms with van der Waals surface area (Å²) in [6.45, 7) is 7.66. The van der Waals surface area contributed by atoms with Crippen molar-refractivity contribution in [1.29, 1.82) is 0 Å². The van der Waals surface area contributed by atoms with Gasteiger partial charge in [-0.2, -0.15) is 0 Å². The Bertz CT molecular complexity index is 231. The molecule has 2 atom stereocenters. The van der Waals surface area contributed by atoms with Crippen molar-refractivity contribution < 1.29 is 4.74 Å². The van der Waals surface area contributed by atoms with E-state index in [9.17, 15) is 0 Å². The van der Waals surface area contributed by atoms with Gasteiger partial charge < -0.3 is 15.0 Å². The van der Waals surface area contributed by atoms with Gasteiger partial charge in [-0.3, -0.25) is 0 Å². The normalized spacial score (nSPS) is 28.8. The SMILES string of the molecule is CCC1CCNC(CN(C)CCOCC2CC2)C1. The minimum absolute atomic E-state index is 0.692. The second kappa shape index (κ2) is 7.46. The van der Waals surface area contributed by atoms with Gasteiger partial charge in [-0.05, 0) is 51.1 Å². The van der Waals surface area contributed by atoms with E-state index in [0.717, 1.165) is 31.6 Å². The fourth-order valence-corrected chi connectivity index (χ4v) is 2.83. The fourth-order valence-electron chi connectivity index (χ4n) is 2.83. The van der Waals surface area contributed by atoms with Gasteiger partial charge in [-0.15, -0.1) is 0 Å². The molecule has 2 fully saturated rings. The van der Waals surface area contributed by atoms with Crippen LogP contribution < -0.4 is 5.32 Å². The first-order valence-corrected chi connectivity index (χ1v) is 7.77. The van der Waals surface area contributed by atoms with Crippen molar-refractivity contribution in [2.75, 3.05) is 39.9 Å². The van der Waals surface area contributed by atoms with E-state index in [1.165, 1.54) is 45.2 Å². The summed E-state index contributed by atoms with van der Waals surface area (Å²) in [6.07, 6.45) is 6.83. The molecular weight excluding hydrogens is 224 g/mol. The first kappa shape index (κ1) is 14.3. The molecule has 0 aromatic rings. The van der Waals surface area contributed by atoms with Crippen molar-refractivity contribution >= 4 is 0 Å². The van der Waals surface area contributed by atoms with Crippen molar-refractivity contribution in [3.63, 3.8) is 0 Å². The van der Waals surface area contributed by atoms with Crippen LogP contribution in [0.25, 0.3) is 0 Å². The summed E-state index contributed by atoms with van der Waals surface area (Å²) < 4.78 is 5.70. The molecule has 3 heteroatoms. The van der Waals surface area contributed by atoms with Crippen LogP contribution in [-0.2, 0) is 4.74 Å². The number of likely N-dealkylation sites (N-methyl/N-ethyl adjacent to an activating group) is 1. The molecule has 1 heterocycles. The Labute approximate surface area is 112 Å². The first-order valence-electron chi connectivity index (χ1n) is 7.77. The summed E-state index contributed by atoms with van der Waals surface area (Å²) in [7, 11) is 2.22. The van der Waals surface area contributed by atoms with Crippen LogP contribution in [0.1, 0.15) is 39.0 Å². The van der Waals surface area contributed by atoms with Crippen LogP contribution in [0.4, 0.5) is 0 Å². The van der Waals surface area contributed by atoms with E-state index in [1.54, 1.807) is 0 Å². The molecule has 0 aromatic heterocycles. The first-order chi connectivity index (χ1) is 8.78. The summed E-state index contributed by atoms with van der Waals surface area (Å²) in [4.78, 5) is 2.42. The number of nitrogens with zero attached hydrogens (tertiary/aromatic N) is 1. The van der Waals surface area contributed by atoms with E-state index in [4.69, 9.17) is 4.74 Å². The number of nitrogens with one attached hydrogen (secondary N) is 1. The fraction of sp³-hybridized carbons (Fsp3) is 1.00. The maximum Gasteiger partial charge on any atom is 0.0593 e. The van der Waals surface area contributed by atoms with Gasteiger partial charge in [-0.1, -0.05) is 13.3 Å². The van der Waals surface area contributed by atoms with Crippen LogP contribution in [0.3, 0.4) is 0 Å². The van der Waals surface area contributed by atoms with E-state index < -0.39 is 0 Å².